The zero-order chi connectivity index (χ0) is 24.6. The van der Waals surface area contributed by atoms with Gasteiger partial charge in [0.2, 0.25) is 0 Å². The summed E-state index contributed by atoms with van der Waals surface area (Å²) in [5.74, 6) is 0. The molecule has 0 spiro atoms. The van der Waals surface area contributed by atoms with Gasteiger partial charge in [-0.1, -0.05) is 0 Å². The van der Waals surface area contributed by atoms with Crippen molar-refractivity contribution in [1.82, 2.24) is 0 Å². The van der Waals surface area contributed by atoms with E-state index in [1.807, 2.05) is 6.49 Å². The number of fused-ring (bicyclic) bond motifs is 3. The second-order valence-electron chi connectivity index (χ2n) is 10.7. The van der Waals surface area contributed by atoms with Crippen LogP contribution >= 0.6 is 0 Å². The fourth-order valence-corrected chi connectivity index (χ4v) is 16.2. The molecule has 0 aromatic heterocycles. The van der Waals surface area contributed by atoms with Gasteiger partial charge in [-0.05, 0) is 0 Å². The Kier molecular flexibility index (Phi) is 9.03. The van der Waals surface area contributed by atoms with Crippen LogP contribution in [-0.2, 0) is 21.3 Å². The van der Waals surface area contributed by atoms with Crippen molar-refractivity contribution in [1.29, 1.82) is 0 Å². The summed E-state index contributed by atoms with van der Waals surface area (Å²) in [6, 6.07) is 36.5. The van der Waals surface area contributed by atoms with Crippen LogP contribution in [0.3, 0.4) is 0 Å². The first-order valence-corrected chi connectivity index (χ1v) is 17.7. The van der Waals surface area contributed by atoms with Crippen LogP contribution in [0.5, 0.6) is 0 Å². The predicted molar refractivity (Wildman–Crippen MR) is 155 cm³/mol. The van der Waals surface area contributed by atoms with Gasteiger partial charge in [0, 0.05) is 0 Å². The minimum absolute atomic E-state index is 0. The van der Waals surface area contributed by atoms with Gasteiger partial charge in [-0.25, -0.2) is 0 Å². The molecule has 39 heavy (non-hydrogen) atoms. The van der Waals surface area contributed by atoms with Gasteiger partial charge in [-0.15, -0.1) is 0 Å². The van der Waals surface area contributed by atoms with E-state index in [9.17, 15) is 0 Å². The monoisotopic (exact) mass is 624 g/mol. The molecular weight excluding hydrogens is 595 g/mol. The first-order valence-electron chi connectivity index (χ1n) is 13.8. The van der Waals surface area contributed by atoms with Gasteiger partial charge in [0.15, 0.2) is 0 Å². The second kappa shape index (κ2) is 12.5. The van der Waals surface area contributed by atoms with Crippen LogP contribution in [0.4, 0.5) is 0 Å². The molecule has 0 radical (unpaired) electrons. The SMILES string of the molecule is C1=CC[C]([Zr+2](=[C]2CCCCC2)[CH]2c3ccc(-c4ccccc4)cc3-c3cc(-c4ccccc4)ccc32)=C1.[Cl-].[Cl-]. The van der Waals surface area contributed by atoms with Gasteiger partial charge in [0.05, 0.1) is 0 Å². The largest absolute Gasteiger partial charge is 1.00 e. The van der Waals surface area contributed by atoms with Gasteiger partial charge in [0.25, 0.3) is 0 Å². The summed E-state index contributed by atoms with van der Waals surface area (Å²) in [5.41, 5.74) is 11.4. The molecule has 0 nitrogen and oxygen atoms in total. The maximum Gasteiger partial charge on any atom is -1.00 e. The van der Waals surface area contributed by atoms with E-state index in [2.05, 4.69) is 115 Å². The molecule has 4 aromatic rings. The van der Waals surface area contributed by atoms with Gasteiger partial charge in [0.1, 0.15) is 0 Å². The maximum atomic E-state index is 2.50. The molecular formula is C36H32Cl2Zr. The molecule has 1 fully saturated rings. The van der Waals surface area contributed by atoms with Crippen LogP contribution in [-0.4, -0.2) is 3.21 Å². The molecule has 0 atom stereocenters. The van der Waals surface area contributed by atoms with Crippen LogP contribution in [0, 0.1) is 0 Å². The third kappa shape index (κ3) is 5.39. The summed E-state index contributed by atoms with van der Waals surface area (Å²) in [4.78, 5) is 0. The Balaban J connectivity index is 0.00000154. The summed E-state index contributed by atoms with van der Waals surface area (Å²) >= 11 is -2.13. The number of hydrogen-bond donors (Lipinski definition) is 0. The summed E-state index contributed by atoms with van der Waals surface area (Å²) in [6.45, 7) is 0. The van der Waals surface area contributed by atoms with Gasteiger partial charge >= 0.3 is 230 Å². The smallest absolute Gasteiger partial charge is 1.00 e. The fourth-order valence-electron chi connectivity index (χ4n) is 6.69. The minimum Gasteiger partial charge on any atom is -1.00 e. The van der Waals surface area contributed by atoms with Crippen molar-refractivity contribution in [2.75, 3.05) is 0 Å². The molecule has 3 heteroatoms. The van der Waals surface area contributed by atoms with Gasteiger partial charge in [-0.3, -0.25) is 0 Å². The zero-order valence-electron chi connectivity index (χ0n) is 22.0. The number of benzene rings is 4. The Morgan fingerprint density at radius 2 is 1.10 bits per heavy atom. The normalized spacial score (nSPS) is 15.4. The van der Waals surface area contributed by atoms with E-state index in [4.69, 9.17) is 0 Å². The van der Waals surface area contributed by atoms with Crippen molar-refractivity contribution in [3.8, 4) is 33.4 Å². The predicted octanol–water partition coefficient (Wildman–Crippen LogP) is 3.70. The molecule has 0 amide bonds. The van der Waals surface area contributed by atoms with Crippen molar-refractivity contribution in [3.63, 3.8) is 0 Å². The third-order valence-electron chi connectivity index (χ3n) is 8.48. The van der Waals surface area contributed by atoms with E-state index in [0.29, 0.717) is 3.63 Å². The Labute approximate surface area is 252 Å². The summed E-state index contributed by atoms with van der Waals surface area (Å²) in [7, 11) is 0. The van der Waals surface area contributed by atoms with E-state index < -0.39 is 21.3 Å². The first-order chi connectivity index (χ1) is 18.4. The molecule has 0 saturated heterocycles. The van der Waals surface area contributed by atoms with Crippen molar-refractivity contribution in [3.05, 3.63) is 130 Å². The van der Waals surface area contributed by atoms with E-state index in [1.54, 1.807) is 11.1 Å². The average Bonchev–Trinajstić information content (AvgIpc) is 3.62. The standard InChI is InChI=1S/C25H17.C6H10.C5H5.2ClH.Zr/c1-3-7-18(8-4-1)20-11-13-22-15-23-14-12-21(17-25(23)24(22)16-20)19-9-5-2-6-10-19;1-2-4-6-5-3-1;1-2-4-5-3-1;;;/h1-17H;1-5H2;1-3H,4H2;2*1H;/q;;;;;+2/p-2. The van der Waals surface area contributed by atoms with Crippen molar-refractivity contribution >= 4 is 3.21 Å². The number of hydrogen-bond acceptors (Lipinski definition) is 0. The molecule has 3 aliphatic rings. The van der Waals surface area contributed by atoms with Crippen LogP contribution in [0.25, 0.3) is 33.4 Å². The van der Waals surface area contributed by atoms with Crippen molar-refractivity contribution < 1.29 is 46.1 Å². The van der Waals surface area contributed by atoms with E-state index in [0.717, 1.165) is 0 Å². The van der Waals surface area contributed by atoms with E-state index in [-0.39, 0.29) is 24.8 Å². The minimum atomic E-state index is -2.13. The molecule has 3 aliphatic carbocycles. The Hall–Kier alpha value is -2.31. The zero-order valence-corrected chi connectivity index (χ0v) is 26.0. The molecule has 0 unspecified atom stereocenters. The van der Waals surface area contributed by atoms with Crippen LogP contribution in [0.1, 0.15) is 53.3 Å². The number of rotatable bonds is 4. The van der Waals surface area contributed by atoms with Gasteiger partial charge in [-0.2, -0.15) is 0 Å². The second-order valence-corrected chi connectivity index (χ2v) is 17.4. The number of halogens is 2. The Morgan fingerprint density at radius 3 is 1.59 bits per heavy atom. The summed E-state index contributed by atoms with van der Waals surface area (Å²) in [6.07, 6.45) is 15.4. The van der Waals surface area contributed by atoms with E-state index in [1.165, 1.54) is 71.9 Å². The Bertz CT molecular complexity index is 1470. The summed E-state index contributed by atoms with van der Waals surface area (Å²) < 4.78 is 4.38. The van der Waals surface area contributed by atoms with Crippen molar-refractivity contribution in [2.45, 2.75) is 42.2 Å². The molecule has 0 bridgehead atoms. The molecule has 4 aromatic carbocycles. The fraction of sp³-hybridized carbons (Fsp3) is 0.194. The van der Waals surface area contributed by atoms with Crippen LogP contribution in [0.15, 0.2) is 119 Å². The van der Waals surface area contributed by atoms with Crippen LogP contribution < -0.4 is 24.8 Å². The first kappa shape index (κ1) is 28.2. The molecule has 0 aliphatic heterocycles. The Morgan fingerprint density at radius 1 is 0.564 bits per heavy atom. The molecule has 0 N–H and O–H groups in total. The molecule has 7 rings (SSSR count). The van der Waals surface area contributed by atoms with E-state index >= 15 is 0 Å². The molecule has 0 heterocycles. The van der Waals surface area contributed by atoms with Gasteiger partial charge < -0.3 is 24.8 Å². The molecule has 194 valence electrons. The average molecular weight is 627 g/mol. The summed E-state index contributed by atoms with van der Waals surface area (Å²) in [5, 5.41) is 0. The van der Waals surface area contributed by atoms with Crippen LogP contribution in [0.2, 0.25) is 0 Å². The topological polar surface area (TPSA) is 0 Å². The maximum absolute atomic E-state index is 2.50. The third-order valence-corrected chi connectivity index (χ3v) is 17.1. The quantitative estimate of drug-likeness (QED) is 0.324. The number of allylic oxidation sites excluding steroid dienone is 4. The molecule has 1 saturated carbocycles. The van der Waals surface area contributed by atoms with Crippen molar-refractivity contribution in [2.24, 2.45) is 0 Å².